The molecule has 2 atom stereocenters. The molecular formula is C16H24N2O4S4. The molecule has 2 unspecified atom stereocenters. The van der Waals surface area contributed by atoms with Crippen LogP contribution in [0.1, 0.15) is 27.2 Å². The molecule has 1 heterocycles. The SMILES string of the molecule is C=CC(C)(SC(=S)N1CCN(C(=S)SC(C)(CC)C(=O)O)CC1)C(=O)O. The summed E-state index contributed by atoms with van der Waals surface area (Å²) in [7, 11) is 0. The average Bonchev–Trinajstić information content (AvgIpc) is 2.61. The fourth-order valence-corrected chi connectivity index (χ4v) is 5.22. The van der Waals surface area contributed by atoms with E-state index in [-0.39, 0.29) is 0 Å². The second-order valence-electron chi connectivity index (χ2n) is 6.22. The lowest BCUT2D eigenvalue weighted by molar-refractivity contribution is -0.139. The highest BCUT2D eigenvalue weighted by molar-refractivity contribution is 8.24. The summed E-state index contributed by atoms with van der Waals surface area (Å²) in [4.78, 5) is 26.8. The predicted molar refractivity (Wildman–Crippen MR) is 116 cm³/mol. The fraction of sp³-hybridized carbons (Fsp3) is 0.625. The van der Waals surface area contributed by atoms with E-state index in [0.717, 1.165) is 11.8 Å². The van der Waals surface area contributed by atoms with Gasteiger partial charge in [-0.3, -0.25) is 9.59 Å². The van der Waals surface area contributed by atoms with Gasteiger partial charge >= 0.3 is 11.9 Å². The highest BCUT2D eigenvalue weighted by Crippen LogP contribution is 2.33. The molecule has 1 fully saturated rings. The Morgan fingerprint density at radius 2 is 1.46 bits per heavy atom. The van der Waals surface area contributed by atoms with Crippen LogP contribution in [0.4, 0.5) is 0 Å². The van der Waals surface area contributed by atoms with Gasteiger partial charge in [0.05, 0.1) is 0 Å². The van der Waals surface area contributed by atoms with Gasteiger partial charge in [-0.15, -0.1) is 6.58 Å². The zero-order chi connectivity index (χ0) is 20.1. The normalized spacial score (nSPS) is 19.2. The summed E-state index contributed by atoms with van der Waals surface area (Å²) in [6.45, 7) is 11.1. The van der Waals surface area contributed by atoms with Crippen LogP contribution in [-0.4, -0.2) is 76.3 Å². The van der Waals surface area contributed by atoms with Crippen LogP contribution < -0.4 is 0 Å². The van der Waals surface area contributed by atoms with E-state index >= 15 is 0 Å². The van der Waals surface area contributed by atoms with Crippen LogP contribution in [0.25, 0.3) is 0 Å². The molecule has 1 aliphatic rings. The summed E-state index contributed by atoms with van der Waals surface area (Å²) >= 11 is 13.1. The molecule has 0 aromatic carbocycles. The minimum absolute atomic E-state index is 0.475. The van der Waals surface area contributed by atoms with Crippen molar-refractivity contribution in [1.29, 1.82) is 0 Å². The Bertz CT molecular complexity index is 607. The lowest BCUT2D eigenvalue weighted by atomic mass is 10.1. The molecule has 1 saturated heterocycles. The molecule has 1 aliphatic heterocycles. The minimum atomic E-state index is -1.16. The van der Waals surface area contributed by atoms with Crippen LogP contribution in [0.2, 0.25) is 0 Å². The largest absolute Gasteiger partial charge is 0.480 e. The fourth-order valence-electron chi connectivity index (χ4n) is 2.01. The third kappa shape index (κ3) is 5.58. The Labute approximate surface area is 173 Å². The summed E-state index contributed by atoms with van der Waals surface area (Å²) < 4.78 is -1.02. The maximum atomic E-state index is 11.4. The second kappa shape index (κ2) is 9.38. The van der Waals surface area contributed by atoms with Gasteiger partial charge in [0.2, 0.25) is 0 Å². The molecule has 6 nitrogen and oxygen atoms in total. The predicted octanol–water partition coefficient (Wildman–Crippen LogP) is 2.92. The highest BCUT2D eigenvalue weighted by atomic mass is 32.2. The van der Waals surface area contributed by atoms with Crippen LogP contribution in [-0.2, 0) is 9.59 Å². The summed E-state index contributed by atoms with van der Waals surface area (Å²) in [5.41, 5.74) is 0. The van der Waals surface area contributed by atoms with E-state index in [4.69, 9.17) is 24.4 Å². The lowest BCUT2D eigenvalue weighted by Crippen LogP contribution is -2.50. The van der Waals surface area contributed by atoms with E-state index < -0.39 is 21.4 Å². The first-order chi connectivity index (χ1) is 12.0. The molecule has 2 N–H and O–H groups in total. The molecular weight excluding hydrogens is 412 g/mol. The number of rotatable bonds is 6. The number of carbonyl (C=O) groups is 2. The molecule has 0 saturated carbocycles. The molecule has 1 rings (SSSR count). The molecule has 0 aromatic rings. The summed E-state index contributed by atoms with van der Waals surface area (Å²) in [6, 6.07) is 0. The molecule has 0 radical (unpaired) electrons. The first kappa shape index (κ1) is 23.2. The van der Waals surface area contributed by atoms with Gasteiger partial charge < -0.3 is 20.0 Å². The van der Waals surface area contributed by atoms with Crippen molar-refractivity contribution in [3.63, 3.8) is 0 Å². The van der Waals surface area contributed by atoms with E-state index in [1.54, 1.807) is 13.8 Å². The van der Waals surface area contributed by atoms with Crippen molar-refractivity contribution in [2.75, 3.05) is 26.2 Å². The molecule has 0 aliphatic carbocycles. The number of nitrogens with zero attached hydrogens (tertiary/aromatic N) is 2. The quantitative estimate of drug-likeness (QED) is 0.479. The zero-order valence-electron chi connectivity index (χ0n) is 15.1. The monoisotopic (exact) mass is 436 g/mol. The number of hydrogen-bond acceptors (Lipinski definition) is 6. The first-order valence-corrected chi connectivity index (χ1v) is 10.5. The van der Waals surface area contributed by atoms with Gasteiger partial charge in [0.25, 0.3) is 0 Å². The Morgan fingerprint density at radius 3 is 1.77 bits per heavy atom. The first-order valence-electron chi connectivity index (χ1n) is 8.05. The smallest absolute Gasteiger partial charge is 0.323 e. The summed E-state index contributed by atoms with van der Waals surface area (Å²) in [6.07, 6.45) is 1.86. The van der Waals surface area contributed by atoms with Crippen molar-refractivity contribution in [3.8, 4) is 0 Å². The number of piperazine rings is 1. The number of carboxylic acid groups (broad SMARTS) is 2. The van der Waals surface area contributed by atoms with Crippen LogP contribution in [0.3, 0.4) is 0 Å². The van der Waals surface area contributed by atoms with Gasteiger partial charge in [0, 0.05) is 26.2 Å². The Balaban J connectivity index is 2.63. The maximum Gasteiger partial charge on any atom is 0.323 e. The maximum absolute atomic E-state index is 11.4. The Kier molecular flexibility index (Phi) is 8.37. The third-order valence-corrected chi connectivity index (χ3v) is 7.91. The van der Waals surface area contributed by atoms with Gasteiger partial charge in [0.15, 0.2) is 0 Å². The van der Waals surface area contributed by atoms with E-state index in [1.165, 1.54) is 17.8 Å². The lowest BCUT2D eigenvalue weighted by Gasteiger charge is -2.39. The van der Waals surface area contributed by atoms with Gasteiger partial charge in [-0.1, -0.05) is 61.0 Å². The molecule has 0 spiro atoms. The van der Waals surface area contributed by atoms with E-state index in [0.29, 0.717) is 41.2 Å². The third-order valence-electron chi connectivity index (χ3n) is 4.35. The molecule has 0 bridgehead atoms. The van der Waals surface area contributed by atoms with Crippen molar-refractivity contribution in [2.24, 2.45) is 0 Å². The minimum Gasteiger partial charge on any atom is -0.480 e. The van der Waals surface area contributed by atoms with Crippen molar-refractivity contribution < 1.29 is 19.8 Å². The van der Waals surface area contributed by atoms with Gasteiger partial charge in [-0.2, -0.15) is 0 Å². The van der Waals surface area contributed by atoms with E-state index in [2.05, 4.69) is 6.58 Å². The van der Waals surface area contributed by atoms with Gasteiger partial charge in [-0.25, -0.2) is 0 Å². The Hall–Kier alpha value is -0.840. The highest BCUT2D eigenvalue weighted by Gasteiger charge is 2.36. The number of thiocarbonyl (C=S) groups is 2. The van der Waals surface area contributed by atoms with E-state index in [9.17, 15) is 19.8 Å². The van der Waals surface area contributed by atoms with Gasteiger partial charge in [-0.05, 0) is 20.3 Å². The summed E-state index contributed by atoms with van der Waals surface area (Å²) in [5, 5.41) is 18.7. The van der Waals surface area contributed by atoms with Crippen LogP contribution in [0.5, 0.6) is 0 Å². The molecule has 26 heavy (non-hydrogen) atoms. The molecule has 0 aromatic heterocycles. The van der Waals surface area contributed by atoms with Gasteiger partial charge in [0.1, 0.15) is 18.1 Å². The average molecular weight is 437 g/mol. The number of carboxylic acids is 2. The molecule has 146 valence electrons. The van der Waals surface area contributed by atoms with Crippen molar-refractivity contribution in [3.05, 3.63) is 12.7 Å². The van der Waals surface area contributed by atoms with Crippen molar-refractivity contribution in [2.45, 2.75) is 36.7 Å². The number of thioether (sulfide) groups is 2. The number of aliphatic carboxylic acids is 2. The van der Waals surface area contributed by atoms with Crippen LogP contribution in [0.15, 0.2) is 12.7 Å². The Morgan fingerprint density at radius 1 is 1.04 bits per heavy atom. The van der Waals surface area contributed by atoms with Crippen molar-refractivity contribution >= 4 is 68.5 Å². The topological polar surface area (TPSA) is 81.1 Å². The zero-order valence-corrected chi connectivity index (χ0v) is 18.3. The molecule has 0 amide bonds. The van der Waals surface area contributed by atoms with E-state index in [1.807, 2.05) is 16.7 Å². The standard InChI is InChI=1S/C16H24N2O4S4/c1-5-15(3,11(19)20)25-13(23)17-7-9-18(10-8-17)14(24)26-16(4,6-2)12(21)22/h5H,1,6-10H2,2-4H3,(H,19,20)(H,21,22). The number of hydrogen-bond donors (Lipinski definition) is 2. The van der Waals surface area contributed by atoms with Crippen molar-refractivity contribution in [1.82, 2.24) is 9.80 Å². The van der Waals surface area contributed by atoms with Crippen LogP contribution >= 0.6 is 48.0 Å². The summed E-state index contributed by atoms with van der Waals surface area (Å²) in [5.74, 6) is -1.86. The van der Waals surface area contributed by atoms with Crippen LogP contribution in [0, 0.1) is 0 Å². The molecule has 10 heteroatoms. The second-order valence-corrected chi connectivity index (χ2v) is 10.4.